The van der Waals surface area contributed by atoms with Gasteiger partial charge in [0.15, 0.2) is 0 Å². The highest BCUT2D eigenvalue weighted by atomic mass is 32.2. The summed E-state index contributed by atoms with van der Waals surface area (Å²) in [6.07, 6.45) is -1.74. The van der Waals surface area contributed by atoms with Gasteiger partial charge in [-0.3, -0.25) is 9.48 Å². The zero-order valence-corrected chi connectivity index (χ0v) is 27.9. The maximum atomic E-state index is 14.0. The standard InChI is InChI=1S/C34H44F3N5O4S/c1-23(2)17-32(44)38-19-27-18-26(9-10-30(27)34(35,36)37)33-29-22-41(47(3,45)46)16-13-31(29)42(39-33)21-28(43)20-40-14-11-25(12-15-40)24-7-5-4-6-8-24/h4-10,18,23,25,28,43H,11-17,19-22H2,1-3H3,(H,38,44). The molecule has 9 nitrogen and oxygen atoms in total. The minimum Gasteiger partial charge on any atom is -0.390 e. The molecule has 13 heteroatoms. The van der Waals surface area contributed by atoms with Crippen LogP contribution in [0.5, 0.6) is 0 Å². The van der Waals surface area contributed by atoms with Gasteiger partial charge in [-0.15, -0.1) is 0 Å². The normalized spacial score (nSPS) is 17.5. The number of rotatable bonds is 11. The lowest BCUT2D eigenvalue weighted by Crippen LogP contribution is -2.40. The van der Waals surface area contributed by atoms with E-state index in [1.54, 1.807) is 4.68 Å². The maximum Gasteiger partial charge on any atom is 0.416 e. The predicted molar refractivity (Wildman–Crippen MR) is 174 cm³/mol. The summed E-state index contributed by atoms with van der Waals surface area (Å²) in [5, 5.41) is 18.6. The average Bonchev–Trinajstić information content (AvgIpc) is 3.37. The SMILES string of the molecule is CC(C)CC(=O)NCc1cc(-c2nn(CC(O)CN3CCC(c4ccccc4)CC3)c3c2CN(S(C)(=O)=O)CC3)ccc1C(F)(F)F. The first-order chi connectivity index (χ1) is 22.2. The topological polar surface area (TPSA) is 108 Å². The van der Waals surface area contributed by atoms with Gasteiger partial charge in [-0.2, -0.15) is 22.6 Å². The number of nitrogens with one attached hydrogen (secondary N) is 1. The van der Waals surface area contributed by atoms with Crippen LogP contribution in [0.1, 0.15) is 67.0 Å². The monoisotopic (exact) mass is 675 g/mol. The van der Waals surface area contributed by atoms with Gasteiger partial charge in [0.25, 0.3) is 0 Å². The Morgan fingerprint density at radius 2 is 1.77 bits per heavy atom. The van der Waals surface area contributed by atoms with E-state index < -0.39 is 27.9 Å². The molecular weight excluding hydrogens is 631 g/mol. The number of carbonyl (C=O) groups is 1. The molecule has 2 aliphatic heterocycles. The number of aromatic nitrogens is 2. The lowest BCUT2D eigenvalue weighted by Gasteiger charge is -2.33. The van der Waals surface area contributed by atoms with Gasteiger partial charge in [0.2, 0.25) is 15.9 Å². The molecule has 0 bridgehead atoms. The van der Waals surface area contributed by atoms with Crippen LogP contribution in [-0.4, -0.2) is 77.0 Å². The highest BCUT2D eigenvalue weighted by Crippen LogP contribution is 2.37. The number of likely N-dealkylation sites (tertiary alicyclic amines) is 1. The van der Waals surface area contributed by atoms with E-state index in [4.69, 9.17) is 5.10 Å². The van der Waals surface area contributed by atoms with Crippen molar-refractivity contribution in [1.82, 2.24) is 24.3 Å². The Balaban J connectivity index is 1.39. The fourth-order valence-corrected chi connectivity index (χ4v) is 7.45. The minimum atomic E-state index is -4.64. The number of nitrogens with zero attached hydrogens (tertiary/aromatic N) is 4. The molecule has 0 spiro atoms. The third kappa shape index (κ3) is 8.81. The predicted octanol–water partition coefficient (Wildman–Crippen LogP) is 4.79. The van der Waals surface area contributed by atoms with Crippen molar-refractivity contribution < 1.29 is 31.5 Å². The molecule has 3 aromatic rings. The van der Waals surface area contributed by atoms with Crippen molar-refractivity contribution in [2.75, 3.05) is 32.4 Å². The molecule has 2 aromatic carbocycles. The molecule has 256 valence electrons. The summed E-state index contributed by atoms with van der Waals surface area (Å²) < 4.78 is 69.9. The second-order valence-electron chi connectivity index (χ2n) is 13.2. The molecule has 3 heterocycles. The lowest BCUT2D eigenvalue weighted by atomic mass is 9.89. The number of sulfonamides is 1. The lowest BCUT2D eigenvalue weighted by molar-refractivity contribution is -0.138. The van der Waals surface area contributed by atoms with E-state index in [0.29, 0.717) is 35.7 Å². The van der Waals surface area contributed by atoms with Gasteiger partial charge in [0.1, 0.15) is 0 Å². The van der Waals surface area contributed by atoms with Gasteiger partial charge < -0.3 is 15.3 Å². The number of benzene rings is 2. The van der Waals surface area contributed by atoms with Gasteiger partial charge in [0, 0.05) is 55.8 Å². The van der Waals surface area contributed by atoms with Crippen molar-refractivity contribution in [1.29, 1.82) is 0 Å². The van der Waals surface area contributed by atoms with Crippen molar-refractivity contribution in [2.45, 2.75) is 77.4 Å². The van der Waals surface area contributed by atoms with Crippen LogP contribution in [0.4, 0.5) is 13.2 Å². The summed E-state index contributed by atoms with van der Waals surface area (Å²) in [7, 11) is -3.54. The summed E-state index contributed by atoms with van der Waals surface area (Å²) in [5.41, 5.74) is 2.48. The maximum absolute atomic E-state index is 14.0. The van der Waals surface area contributed by atoms with E-state index in [0.717, 1.165) is 43.9 Å². The summed E-state index contributed by atoms with van der Waals surface area (Å²) in [6.45, 7) is 5.96. The third-order valence-electron chi connectivity index (χ3n) is 9.03. The van der Waals surface area contributed by atoms with Crippen LogP contribution >= 0.6 is 0 Å². The molecule has 5 rings (SSSR count). The number of hydrogen-bond donors (Lipinski definition) is 2. The summed E-state index contributed by atoms with van der Waals surface area (Å²) in [6, 6.07) is 14.1. The van der Waals surface area contributed by atoms with Gasteiger partial charge in [-0.25, -0.2) is 8.42 Å². The molecule has 0 saturated carbocycles. The van der Waals surface area contributed by atoms with Gasteiger partial charge >= 0.3 is 6.18 Å². The number of aliphatic hydroxyl groups is 1. The fraction of sp³-hybridized carbons (Fsp3) is 0.529. The molecule has 1 fully saturated rings. The Morgan fingerprint density at radius 3 is 2.40 bits per heavy atom. The number of carbonyl (C=O) groups excluding carboxylic acids is 1. The van der Waals surface area contributed by atoms with Crippen molar-refractivity contribution >= 4 is 15.9 Å². The molecule has 0 aliphatic carbocycles. The van der Waals surface area contributed by atoms with Crippen molar-refractivity contribution in [2.24, 2.45) is 5.92 Å². The number of halogens is 3. The summed E-state index contributed by atoms with van der Waals surface area (Å²) >= 11 is 0. The molecule has 1 atom stereocenters. The van der Waals surface area contributed by atoms with Gasteiger partial charge in [-0.05, 0) is 61.0 Å². The second kappa shape index (κ2) is 14.5. The molecular formula is C34H44F3N5O4S. The van der Waals surface area contributed by atoms with Crippen LogP contribution in [0, 0.1) is 5.92 Å². The molecule has 0 radical (unpaired) electrons. The summed E-state index contributed by atoms with van der Waals surface area (Å²) in [4.78, 5) is 14.5. The number of aliphatic hydroxyl groups excluding tert-OH is 1. The first-order valence-electron chi connectivity index (χ1n) is 16.1. The van der Waals surface area contributed by atoms with E-state index in [2.05, 4.69) is 34.5 Å². The first kappa shape index (κ1) is 35.1. The zero-order chi connectivity index (χ0) is 33.9. The van der Waals surface area contributed by atoms with E-state index in [1.807, 2.05) is 19.9 Å². The molecule has 1 aromatic heterocycles. The number of amides is 1. The van der Waals surface area contributed by atoms with Crippen molar-refractivity contribution in [3.05, 3.63) is 76.5 Å². The Bertz CT molecular complexity index is 1650. The van der Waals surface area contributed by atoms with Gasteiger partial charge in [-0.1, -0.05) is 50.2 Å². The quantitative estimate of drug-likeness (QED) is 0.303. The molecule has 1 saturated heterocycles. The van der Waals surface area contributed by atoms with Crippen LogP contribution in [-0.2, 0) is 47.0 Å². The Hall–Kier alpha value is -3.26. The zero-order valence-electron chi connectivity index (χ0n) is 27.1. The molecule has 1 unspecified atom stereocenters. The van der Waals surface area contributed by atoms with Crippen molar-refractivity contribution in [3.8, 4) is 11.3 Å². The smallest absolute Gasteiger partial charge is 0.390 e. The number of alkyl halides is 3. The first-order valence-corrected chi connectivity index (χ1v) is 18.0. The van der Waals surface area contributed by atoms with E-state index in [-0.39, 0.29) is 50.0 Å². The van der Waals surface area contributed by atoms with Crippen LogP contribution < -0.4 is 5.32 Å². The second-order valence-corrected chi connectivity index (χ2v) is 15.2. The van der Waals surface area contributed by atoms with E-state index >= 15 is 0 Å². The van der Waals surface area contributed by atoms with E-state index in [9.17, 15) is 31.5 Å². The number of fused-ring (bicyclic) bond motifs is 1. The average molecular weight is 676 g/mol. The Kier molecular flexibility index (Phi) is 10.8. The van der Waals surface area contributed by atoms with Crippen LogP contribution in [0.15, 0.2) is 48.5 Å². The number of β-amino-alcohol motifs (C(OH)–C–C–N with tert-alkyl or cyclic N) is 1. The van der Waals surface area contributed by atoms with Gasteiger partial charge in [0.05, 0.1) is 30.2 Å². The number of hydrogen-bond acceptors (Lipinski definition) is 6. The van der Waals surface area contributed by atoms with Crippen LogP contribution in [0.25, 0.3) is 11.3 Å². The molecule has 1 amide bonds. The third-order valence-corrected chi connectivity index (χ3v) is 10.3. The molecule has 47 heavy (non-hydrogen) atoms. The molecule has 2 aliphatic rings. The minimum absolute atomic E-state index is 0.0219. The summed E-state index contributed by atoms with van der Waals surface area (Å²) in [5.74, 6) is 0.190. The molecule has 2 N–H and O–H groups in total. The Morgan fingerprint density at radius 1 is 1.06 bits per heavy atom. The fourth-order valence-electron chi connectivity index (χ4n) is 6.66. The Labute approximate surface area is 274 Å². The van der Waals surface area contributed by atoms with Crippen molar-refractivity contribution in [3.63, 3.8) is 0 Å². The van der Waals surface area contributed by atoms with E-state index in [1.165, 1.54) is 22.0 Å². The highest BCUT2D eigenvalue weighted by molar-refractivity contribution is 7.88. The number of piperidine rings is 1. The van der Waals surface area contributed by atoms with Crippen LogP contribution in [0.3, 0.4) is 0 Å². The van der Waals surface area contributed by atoms with Crippen LogP contribution in [0.2, 0.25) is 0 Å². The highest BCUT2D eigenvalue weighted by Gasteiger charge is 2.35. The largest absolute Gasteiger partial charge is 0.416 e.